The fraction of sp³-hybridized carbons (Fsp3) is 0.500. The topological polar surface area (TPSA) is 37.4 Å². The molecule has 0 aromatic carbocycles. The van der Waals surface area contributed by atoms with Gasteiger partial charge in [0.2, 0.25) is 0 Å². The maximum Gasteiger partial charge on any atom is 0.300 e. The molecule has 5 heteroatoms. The van der Waals surface area contributed by atoms with E-state index in [9.17, 15) is 8.42 Å². The Hall–Kier alpha value is -0.240. The van der Waals surface area contributed by atoms with Crippen LogP contribution in [0.2, 0.25) is 0 Å². The van der Waals surface area contributed by atoms with Gasteiger partial charge in [0.25, 0.3) is 9.24 Å². The number of nitrogens with zero attached hydrogens (tertiary/aromatic N) is 1. The van der Waals surface area contributed by atoms with Gasteiger partial charge in [-0.15, -0.1) is 6.42 Å². The first kappa shape index (κ1) is 8.76. The van der Waals surface area contributed by atoms with Crippen LogP contribution in [0, 0.1) is 12.3 Å². The Morgan fingerprint density at radius 3 is 2.33 bits per heavy atom. The third-order valence-electron chi connectivity index (χ3n) is 0.686. The molecule has 0 amide bonds. The molecule has 0 aliphatic carbocycles. The fourth-order valence-corrected chi connectivity index (χ4v) is 0.581. The van der Waals surface area contributed by atoms with E-state index in [0.717, 1.165) is 4.31 Å². The zero-order valence-corrected chi connectivity index (χ0v) is 6.41. The van der Waals surface area contributed by atoms with Gasteiger partial charge < -0.3 is 0 Å². The van der Waals surface area contributed by atoms with Gasteiger partial charge in [0, 0.05) is 17.7 Å². The predicted molar refractivity (Wildman–Crippen MR) is 36.2 cm³/mol. The first-order valence-corrected chi connectivity index (χ1v) is 4.34. The first-order chi connectivity index (χ1) is 3.98. The van der Waals surface area contributed by atoms with Crippen LogP contribution >= 0.6 is 10.7 Å². The van der Waals surface area contributed by atoms with Crippen molar-refractivity contribution >= 4 is 19.9 Å². The predicted octanol–water partition coefficient (Wildman–Crippen LogP) is 0.0350. The standard InChI is InChI=1S/C4H6ClNO2S/c1-3-4-6(2)9(5,7)8/h1H,4H2,2H3. The highest BCUT2D eigenvalue weighted by molar-refractivity contribution is 8.11. The summed E-state index contributed by atoms with van der Waals surface area (Å²) in [6.45, 7) is 0.00579. The van der Waals surface area contributed by atoms with E-state index in [1.165, 1.54) is 7.05 Å². The van der Waals surface area contributed by atoms with Gasteiger partial charge in [-0.25, -0.2) is 0 Å². The van der Waals surface area contributed by atoms with E-state index < -0.39 is 9.24 Å². The van der Waals surface area contributed by atoms with E-state index >= 15 is 0 Å². The number of hydrogen-bond donors (Lipinski definition) is 0. The summed E-state index contributed by atoms with van der Waals surface area (Å²) in [7, 11) is 2.57. The molecule has 0 unspecified atom stereocenters. The van der Waals surface area contributed by atoms with Gasteiger partial charge in [-0.1, -0.05) is 5.92 Å². The molecule has 3 nitrogen and oxygen atoms in total. The van der Waals surface area contributed by atoms with Crippen LogP contribution in [0.1, 0.15) is 0 Å². The van der Waals surface area contributed by atoms with Crippen molar-refractivity contribution in [2.45, 2.75) is 0 Å². The average molecular weight is 168 g/mol. The van der Waals surface area contributed by atoms with Crippen molar-refractivity contribution in [3.05, 3.63) is 0 Å². The van der Waals surface area contributed by atoms with Gasteiger partial charge >= 0.3 is 0 Å². The van der Waals surface area contributed by atoms with Gasteiger partial charge in [-0.05, 0) is 0 Å². The molecule has 0 heterocycles. The van der Waals surface area contributed by atoms with Gasteiger partial charge in [-0.3, -0.25) is 0 Å². The number of halogens is 1. The SMILES string of the molecule is C#CCN(C)S(=O)(=O)Cl. The Balaban J connectivity index is 4.10. The molecule has 0 fully saturated rings. The molecule has 9 heavy (non-hydrogen) atoms. The van der Waals surface area contributed by atoms with E-state index in [1.807, 2.05) is 0 Å². The molecule has 52 valence electrons. The smallest absolute Gasteiger partial charge is 0.195 e. The minimum atomic E-state index is -3.60. The maximum atomic E-state index is 10.3. The lowest BCUT2D eigenvalue weighted by Gasteiger charge is -2.05. The molecule has 0 aliphatic rings. The van der Waals surface area contributed by atoms with Crippen LogP contribution in [0.15, 0.2) is 0 Å². The number of hydrogen-bond acceptors (Lipinski definition) is 2. The van der Waals surface area contributed by atoms with Crippen LogP contribution in [0.4, 0.5) is 0 Å². The minimum absolute atomic E-state index is 0.00579. The van der Waals surface area contributed by atoms with E-state index in [0.29, 0.717) is 0 Å². The summed E-state index contributed by atoms with van der Waals surface area (Å²) in [6.07, 6.45) is 4.81. The molecule has 0 aromatic rings. The summed E-state index contributed by atoms with van der Waals surface area (Å²) in [5.41, 5.74) is 0. The molecule has 0 radical (unpaired) electrons. The van der Waals surface area contributed by atoms with Crippen LogP contribution in [0.25, 0.3) is 0 Å². The fourth-order valence-electron chi connectivity index (χ4n) is 0.206. The van der Waals surface area contributed by atoms with Gasteiger partial charge in [-0.2, -0.15) is 12.7 Å². The van der Waals surface area contributed by atoms with Crippen molar-refractivity contribution in [1.82, 2.24) is 4.31 Å². The Morgan fingerprint density at radius 1 is 1.78 bits per heavy atom. The summed E-state index contributed by atoms with van der Waals surface area (Å²) in [5.74, 6) is 2.14. The Labute approximate surface area is 59.2 Å². The lowest BCUT2D eigenvalue weighted by Crippen LogP contribution is -2.22. The van der Waals surface area contributed by atoms with E-state index in [4.69, 9.17) is 17.1 Å². The summed E-state index contributed by atoms with van der Waals surface area (Å²) in [5, 5.41) is 0. The lowest BCUT2D eigenvalue weighted by atomic mass is 10.7. The monoisotopic (exact) mass is 167 g/mol. The average Bonchev–Trinajstić information content (AvgIpc) is 1.64. The van der Waals surface area contributed by atoms with Crippen molar-refractivity contribution in [3.63, 3.8) is 0 Å². The largest absolute Gasteiger partial charge is 0.300 e. The lowest BCUT2D eigenvalue weighted by molar-refractivity contribution is 0.519. The molecule has 0 rings (SSSR count). The second-order valence-electron chi connectivity index (χ2n) is 1.40. The van der Waals surface area contributed by atoms with Crippen molar-refractivity contribution < 1.29 is 8.42 Å². The summed E-state index contributed by atoms with van der Waals surface area (Å²) < 4.78 is 21.5. The van der Waals surface area contributed by atoms with Gasteiger partial charge in [0.05, 0.1) is 6.54 Å². The second-order valence-corrected chi connectivity index (χ2v) is 4.02. The minimum Gasteiger partial charge on any atom is -0.195 e. The highest BCUT2D eigenvalue weighted by Gasteiger charge is 2.10. The van der Waals surface area contributed by atoms with E-state index in [2.05, 4.69) is 5.92 Å². The van der Waals surface area contributed by atoms with Crippen molar-refractivity contribution in [2.75, 3.05) is 13.6 Å². The zero-order valence-electron chi connectivity index (χ0n) is 4.83. The quantitative estimate of drug-likeness (QED) is 0.430. The summed E-state index contributed by atoms with van der Waals surface area (Å²) >= 11 is 0. The molecule has 0 aromatic heterocycles. The van der Waals surface area contributed by atoms with Crippen LogP contribution in [-0.2, 0) is 9.24 Å². The number of terminal acetylenes is 1. The second kappa shape index (κ2) is 3.06. The van der Waals surface area contributed by atoms with Gasteiger partial charge in [0.15, 0.2) is 0 Å². The Bertz CT molecular complexity index is 215. The summed E-state index contributed by atoms with van der Waals surface area (Å²) in [4.78, 5) is 0. The number of rotatable bonds is 2. The Kier molecular flexibility index (Phi) is 2.98. The van der Waals surface area contributed by atoms with Crippen LogP contribution < -0.4 is 0 Å². The van der Waals surface area contributed by atoms with Gasteiger partial charge in [0.1, 0.15) is 0 Å². The van der Waals surface area contributed by atoms with Crippen LogP contribution in [-0.4, -0.2) is 26.3 Å². The molecule has 0 saturated heterocycles. The van der Waals surface area contributed by atoms with Crippen molar-refractivity contribution in [1.29, 1.82) is 0 Å². The van der Waals surface area contributed by atoms with Crippen molar-refractivity contribution in [3.8, 4) is 12.3 Å². The molecular weight excluding hydrogens is 162 g/mol. The molecule has 0 saturated carbocycles. The van der Waals surface area contributed by atoms with Crippen LogP contribution in [0.5, 0.6) is 0 Å². The normalized spacial score (nSPS) is 11.3. The molecule has 0 bridgehead atoms. The summed E-state index contributed by atoms with van der Waals surface area (Å²) in [6, 6.07) is 0. The first-order valence-electron chi connectivity index (χ1n) is 2.08. The molecule has 0 spiro atoms. The Morgan fingerprint density at radius 2 is 2.22 bits per heavy atom. The third-order valence-corrected chi connectivity index (χ3v) is 2.27. The highest BCUT2D eigenvalue weighted by atomic mass is 35.7. The van der Waals surface area contributed by atoms with E-state index in [-0.39, 0.29) is 6.54 Å². The van der Waals surface area contributed by atoms with Crippen LogP contribution in [0.3, 0.4) is 0 Å². The molecule has 0 N–H and O–H groups in total. The molecular formula is C4H6ClNO2S. The zero-order chi connectivity index (χ0) is 7.49. The third kappa shape index (κ3) is 3.36. The molecule has 0 aliphatic heterocycles. The molecule has 0 atom stereocenters. The van der Waals surface area contributed by atoms with Crippen molar-refractivity contribution in [2.24, 2.45) is 0 Å². The highest BCUT2D eigenvalue weighted by Crippen LogP contribution is 2.00. The van der Waals surface area contributed by atoms with E-state index in [1.54, 1.807) is 0 Å². The maximum absolute atomic E-state index is 10.3.